The lowest BCUT2D eigenvalue weighted by Crippen LogP contribution is -2.43. The fraction of sp³-hybridized carbons (Fsp3) is 0.545. The van der Waals surface area contributed by atoms with Crippen molar-refractivity contribution >= 4 is 30.5 Å². The van der Waals surface area contributed by atoms with Crippen molar-refractivity contribution in [3.05, 3.63) is 15.3 Å². The van der Waals surface area contributed by atoms with Crippen LogP contribution in [-0.2, 0) is 6.42 Å². The third-order valence-electron chi connectivity index (χ3n) is 2.54. The van der Waals surface area contributed by atoms with Gasteiger partial charge in [-0.2, -0.15) is 0 Å². The number of primary amides is 1. The van der Waals surface area contributed by atoms with Gasteiger partial charge in [-0.3, -0.25) is 4.79 Å². The number of amides is 1. The molecule has 0 saturated carbocycles. The Bertz CT molecular complexity index is 390. The van der Waals surface area contributed by atoms with Crippen LogP contribution in [0.15, 0.2) is 0 Å². The maximum atomic E-state index is 11.4. The first kappa shape index (κ1) is 12.5. The SMILES string of the molecule is CCc1c(C)sc(C(N)=O)c1[Si](C)(C)C. The Morgan fingerprint density at radius 2 is 1.93 bits per heavy atom. The summed E-state index contributed by atoms with van der Waals surface area (Å²) in [4.78, 5) is 13.5. The standard InChI is InChI=1S/C11H19NOSSi/c1-6-8-7(2)14-9(11(12)13)10(8)15(3,4)5/h6H2,1-5H3,(H2,12,13). The van der Waals surface area contributed by atoms with Gasteiger partial charge in [0.25, 0.3) is 5.91 Å². The van der Waals surface area contributed by atoms with Gasteiger partial charge in [-0.05, 0) is 24.1 Å². The van der Waals surface area contributed by atoms with Gasteiger partial charge in [0.2, 0.25) is 0 Å². The highest BCUT2D eigenvalue weighted by Gasteiger charge is 2.28. The van der Waals surface area contributed by atoms with E-state index in [1.165, 1.54) is 15.6 Å². The van der Waals surface area contributed by atoms with Gasteiger partial charge in [-0.15, -0.1) is 11.3 Å². The summed E-state index contributed by atoms with van der Waals surface area (Å²) in [7, 11) is -1.48. The number of carbonyl (C=O) groups excluding carboxylic acids is 1. The Kier molecular flexibility index (Phi) is 3.40. The van der Waals surface area contributed by atoms with Crippen LogP contribution in [0, 0.1) is 6.92 Å². The quantitative estimate of drug-likeness (QED) is 0.811. The third kappa shape index (κ3) is 2.31. The number of carbonyl (C=O) groups is 1. The second-order valence-corrected chi connectivity index (χ2v) is 11.0. The zero-order chi connectivity index (χ0) is 11.8. The lowest BCUT2D eigenvalue weighted by molar-refractivity contribution is 0.100. The van der Waals surface area contributed by atoms with E-state index in [1.807, 2.05) is 0 Å². The van der Waals surface area contributed by atoms with Gasteiger partial charge in [0.1, 0.15) is 0 Å². The minimum absolute atomic E-state index is 0.264. The molecule has 0 radical (unpaired) electrons. The molecule has 4 heteroatoms. The average Bonchev–Trinajstić information content (AvgIpc) is 2.41. The Hall–Kier alpha value is -0.613. The smallest absolute Gasteiger partial charge is 0.258 e. The molecule has 2 N–H and O–H groups in total. The number of rotatable bonds is 3. The van der Waals surface area contributed by atoms with E-state index in [1.54, 1.807) is 11.3 Å². The molecule has 0 fully saturated rings. The molecule has 1 aromatic rings. The fourth-order valence-corrected chi connectivity index (χ4v) is 6.21. The molecule has 0 bridgehead atoms. The van der Waals surface area contributed by atoms with E-state index >= 15 is 0 Å². The summed E-state index contributed by atoms with van der Waals surface area (Å²) in [5, 5.41) is 1.28. The molecule has 0 aliphatic carbocycles. The maximum Gasteiger partial charge on any atom is 0.258 e. The van der Waals surface area contributed by atoms with E-state index in [0.29, 0.717) is 0 Å². The zero-order valence-corrected chi connectivity index (χ0v) is 11.9. The van der Waals surface area contributed by atoms with Crippen molar-refractivity contribution in [3.8, 4) is 0 Å². The number of nitrogens with two attached hydrogens (primary N) is 1. The highest BCUT2D eigenvalue weighted by Crippen LogP contribution is 2.23. The molecular formula is C11H19NOSSi. The number of thiophene rings is 1. The predicted molar refractivity (Wildman–Crippen MR) is 69.9 cm³/mol. The van der Waals surface area contributed by atoms with E-state index in [-0.39, 0.29) is 5.91 Å². The number of aryl methyl sites for hydroxylation is 1. The minimum atomic E-state index is -1.48. The van der Waals surface area contributed by atoms with Crippen LogP contribution >= 0.6 is 11.3 Å². The second-order valence-electron chi connectivity index (χ2n) is 4.81. The van der Waals surface area contributed by atoms with Crippen LogP contribution in [0.4, 0.5) is 0 Å². The molecule has 0 saturated heterocycles. The summed E-state index contributed by atoms with van der Waals surface area (Å²) in [6, 6.07) is 0. The number of hydrogen-bond donors (Lipinski definition) is 1. The lowest BCUT2D eigenvalue weighted by atomic mass is 10.2. The summed E-state index contributed by atoms with van der Waals surface area (Å²) >= 11 is 1.56. The molecule has 0 atom stereocenters. The van der Waals surface area contributed by atoms with Crippen LogP contribution in [-0.4, -0.2) is 14.0 Å². The molecule has 84 valence electrons. The average molecular weight is 241 g/mol. The van der Waals surface area contributed by atoms with Gasteiger partial charge in [0.15, 0.2) is 0 Å². The first-order chi connectivity index (χ1) is 6.79. The zero-order valence-electron chi connectivity index (χ0n) is 10.1. The number of hydrogen-bond acceptors (Lipinski definition) is 2. The van der Waals surface area contributed by atoms with Crippen molar-refractivity contribution < 1.29 is 4.79 Å². The summed E-state index contributed by atoms with van der Waals surface area (Å²) in [6.45, 7) is 11.0. The van der Waals surface area contributed by atoms with Crippen molar-refractivity contribution in [1.82, 2.24) is 0 Å². The van der Waals surface area contributed by atoms with Gasteiger partial charge in [-0.1, -0.05) is 26.6 Å². The Balaban J connectivity index is 3.49. The molecule has 1 rings (SSSR count). The van der Waals surface area contributed by atoms with E-state index in [4.69, 9.17) is 5.73 Å². The lowest BCUT2D eigenvalue weighted by Gasteiger charge is -2.19. The van der Waals surface area contributed by atoms with Gasteiger partial charge in [-0.25, -0.2) is 0 Å². The van der Waals surface area contributed by atoms with Gasteiger partial charge >= 0.3 is 0 Å². The molecule has 0 aromatic carbocycles. The molecular weight excluding hydrogens is 222 g/mol. The third-order valence-corrected chi connectivity index (χ3v) is 5.93. The molecule has 0 aliphatic heterocycles. The minimum Gasteiger partial charge on any atom is -0.365 e. The van der Waals surface area contributed by atoms with Crippen molar-refractivity contribution in [2.45, 2.75) is 39.9 Å². The van der Waals surface area contributed by atoms with E-state index in [9.17, 15) is 4.79 Å². The highest BCUT2D eigenvalue weighted by molar-refractivity contribution is 7.16. The van der Waals surface area contributed by atoms with Crippen LogP contribution in [0.1, 0.15) is 27.0 Å². The van der Waals surface area contributed by atoms with Crippen molar-refractivity contribution in [2.75, 3.05) is 0 Å². The Labute approximate surface area is 96.5 Å². The second kappa shape index (κ2) is 4.10. The first-order valence-corrected chi connectivity index (χ1v) is 9.53. The van der Waals surface area contributed by atoms with Crippen LogP contribution in [0.2, 0.25) is 19.6 Å². The van der Waals surface area contributed by atoms with Gasteiger partial charge in [0, 0.05) is 4.88 Å². The van der Waals surface area contributed by atoms with E-state index in [2.05, 4.69) is 33.5 Å². The highest BCUT2D eigenvalue weighted by atomic mass is 32.1. The Morgan fingerprint density at radius 1 is 1.40 bits per heavy atom. The predicted octanol–water partition coefficient (Wildman–Crippen LogP) is 2.26. The Morgan fingerprint density at radius 3 is 2.27 bits per heavy atom. The van der Waals surface area contributed by atoms with Crippen LogP contribution in [0.3, 0.4) is 0 Å². The summed E-state index contributed by atoms with van der Waals surface area (Å²) in [6.07, 6.45) is 0.995. The van der Waals surface area contributed by atoms with Crippen molar-refractivity contribution in [1.29, 1.82) is 0 Å². The summed E-state index contributed by atoms with van der Waals surface area (Å²) in [5.74, 6) is -0.264. The molecule has 2 nitrogen and oxygen atoms in total. The molecule has 1 heterocycles. The van der Waals surface area contributed by atoms with Crippen LogP contribution < -0.4 is 10.9 Å². The van der Waals surface area contributed by atoms with E-state index < -0.39 is 8.07 Å². The molecule has 15 heavy (non-hydrogen) atoms. The van der Waals surface area contributed by atoms with Crippen LogP contribution in [0.5, 0.6) is 0 Å². The van der Waals surface area contributed by atoms with Crippen LogP contribution in [0.25, 0.3) is 0 Å². The molecule has 0 unspecified atom stereocenters. The normalized spacial score (nSPS) is 11.8. The van der Waals surface area contributed by atoms with Crippen molar-refractivity contribution in [2.24, 2.45) is 5.73 Å². The van der Waals surface area contributed by atoms with E-state index in [0.717, 1.165) is 11.3 Å². The van der Waals surface area contributed by atoms with Crippen molar-refractivity contribution in [3.63, 3.8) is 0 Å². The largest absolute Gasteiger partial charge is 0.365 e. The summed E-state index contributed by atoms with van der Waals surface area (Å²) < 4.78 is 0. The molecule has 0 spiro atoms. The fourth-order valence-electron chi connectivity index (χ4n) is 1.97. The molecule has 0 aliphatic rings. The summed E-state index contributed by atoms with van der Waals surface area (Å²) in [5.41, 5.74) is 6.80. The monoisotopic (exact) mass is 241 g/mol. The molecule has 1 amide bonds. The van der Waals surface area contributed by atoms with Gasteiger partial charge in [0.05, 0.1) is 13.0 Å². The first-order valence-electron chi connectivity index (χ1n) is 5.21. The topological polar surface area (TPSA) is 43.1 Å². The molecule has 1 aromatic heterocycles. The van der Waals surface area contributed by atoms with Gasteiger partial charge < -0.3 is 5.73 Å². The maximum absolute atomic E-state index is 11.4.